The van der Waals surface area contributed by atoms with E-state index in [1.165, 1.54) is 18.4 Å². The van der Waals surface area contributed by atoms with Crippen LogP contribution in [-0.4, -0.2) is 18.1 Å². The number of ether oxygens (including phenoxy) is 1. The maximum atomic E-state index is 12.5. The lowest BCUT2D eigenvalue weighted by Crippen LogP contribution is -2.47. The van der Waals surface area contributed by atoms with Crippen molar-refractivity contribution in [1.29, 1.82) is 0 Å². The zero-order chi connectivity index (χ0) is 14.4. The summed E-state index contributed by atoms with van der Waals surface area (Å²) >= 11 is 0. The fourth-order valence-corrected chi connectivity index (χ4v) is 2.89. The third-order valence-electron chi connectivity index (χ3n) is 4.06. The molecule has 1 saturated carbocycles. The highest BCUT2D eigenvalue weighted by Crippen LogP contribution is 2.32. The molecule has 1 N–H and O–H groups in total. The Morgan fingerprint density at radius 2 is 1.75 bits per heavy atom. The van der Waals surface area contributed by atoms with Gasteiger partial charge in [-0.05, 0) is 38.8 Å². The second kappa shape index (κ2) is 6.78. The fourth-order valence-electron chi connectivity index (χ4n) is 2.89. The minimum absolute atomic E-state index is 0.0949. The summed E-state index contributed by atoms with van der Waals surface area (Å²) < 4.78 is 5.33. The summed E-state index contributed by atoms with van der Waals surface area (Å²) in [5.41, 5.74) is 1.69. The first-order valence-electron chi connectivity index (χ1n) is 7.68. The molecule has 3 nitrogen and oxygen atoms in total. The number of anilines is 1. The van der Waals surface area contributed by atoms with Gasteiger partial charge >= 0.3 is 5.97 Å². The van der Waals surface area contributed by atoms with Crippen molar-refractivity contribution in [3.8, 4) is 0 Å². The summed E-state index contributed by atoms with van der Waals surface area (Å²) in [6, 6.07) is 8.22. The number of nitrogens with one attached hydrogen (secondary N) is 1. The monoisotopic (exact) mass is 275 g/mol. The zero-order valence-electron chi connectivity index (χ0n) is 12.6. The Kier molecular flexibility index (Phi) is 5.05. The van der Waals surface area contributed by atoms with E-state index in [4.69, 9.17) is 4.74 Å². The van der Waals surface area contributed by atoms with Crippen LogP contribution in [0.1, 0.15) is 51.0 Å². The van der Waals surface area contributed by atoms with Gasteiger partial charge in [0.1, 0.15) is 5.54 Å². The molecular weight excluding hydrogens is 250 g/mol. The Hall–Kier alpha value is -1.51. The first kappa shape index (κ1) is 14.9. The van der Waals surface area contributed by atoms with Crippen molar-refractivity contribution >= 4 is 11.7 Å². The molecule has 0 heterocycles. The molecule has 20 heavy (non-hydrogen) atoms. The van der Waals surface area contributed by atoms with Crippen molar-refractivity contribution in [2.75, 3.05) is 11.9 Å². The molecule has 110 valence electrons. The lowest BCUT2D eigenvalue weighted by Gasteiger charge is -2.32. The molecule has 0 unspecified atom stereocenters. The molecule has 0 bridgehead atoms. The normalized spacial score (nSPS) is 18.1. The Balaban J connectivity index is 2.20. The Morgan fingerprint density at radius 1 is 1.15 bits per heavy atom. The first-order chi connectivity index (χ1) is 9.66. The lowest BCUT2D eigenvalue weighted by atomic mass is 9.89. The summed E-state index contributed by atoms with van der Waals surface area (Å²) in [5, 5.41) is 3.47. The van der Waals surface area contributed by atoms with E-state index >= 15 is 0 Å². The minimum atomic E-state index is -0.540. The van der Waals surface area contributed by atoms with Gasteiger partial charge in [-0.3, -0.25) is 0 Å². The number of carbonyl (C=O) groups is 1. The van der Waals surface area contributed by atoms with E-state index in [0.717, 1.165) is 31.4 Å². The van der Waals surface area contributed by atoms with Crippen molar-refractivity contribution in [2.24, 2.45) is 0 Å². The van der Waals surface area contributed by atoms with E-state index in [1.54, 1.807) is 0 Å². The van der Waals surface area contributed by atoms with Crippen molar-refractivity contribution < 1.29 is 9.53 Å². The van der Waals surface area contributed by atoms with E-state index in [2.05, 4.69) is 24.4 Å². The molecule has 1 fully saturated rings. The third kappa shape index (κ3) is 3.53. The number of benzene rings is 1. The molecule has 1 aliphatic carbocycles. The van der Waals surface area contributed by atoms with Crippen molar-refractivity contribution in [2.45, 2.75) is 57.9 Å². The molecule has 1 aliphatic rings. The van der Waals surface area contributed by atoms with Gasteiger partial charge < -0.3 is 10.1 Å². The van der Waals surface area contributed by atoms with Crippen LogP contribution in [0.2, 0.25) is 0 Å². The van der Waals surface area contributed by atoms with Crippen molar-refractivity contribution in [3.05, 3.63) is 29.8 Å². The van der Waals surface area contributed by atoms with Gasteiger partial charge in [0.25, 0.3) is 0 Å². The average molecular weight is 275 g/mol. The summed E-state index contributed by atoms with van der Waals surface area (Å²) in [5.74, 6) is -0.0949. The number of carbonyl (C=O) groups excluding carboxylic acids is 1. The summed E-state index contributed by atoms with van der Waals surface area (Å²) in [7, 11) is 0. The van der Waals surface area contributed by atoms with Crippen LogP contribution in [-0.2, 0) is 9.53 Å². The van der Waals surface area contributed by atoms with Crippen LogP contribution in [0.15, 0.2) is 24.3 Å². The van der Waals surface area contributed by atoms with E-state index in [9.17, 15) is 4.79 Å². The molecule has 2 rings (SSSR count). The largest absolute Gasteiger partial charge is 0.464 e. The standard InChI is InChI=1S/C17H25NO2/c1-3-20-16(19)17(12-6-4-5-7-13-17)18-15-10-8-14(2)9-11-15/h8-11,18H,3-7,12-13H2,1-2H3. The Morgan fingerprint density at radius 3 is 2.30 bits per heavy atom. The predicted molar refractivity (Wildman–Crippen MR) is 81.9 cm³/mol. The van der Waals surface area contributed by atoms with Gasteiger partial charge in [0.05, 0.1) is 6.61 Å². The van der Waals surface area contributed by atoms with Crippen molar-refractivity contribution in [1.82, 2.24) is 0 Å². The number of hydrogen-bond acceptors (Lipinski definition) is 3. The molecule has 0 saturated heterocycles. The van der Waals surface area contributed by atoms with Gasteiger partial charge in [0.2, 0.25) is 0 Å². The Bertz CT molecular complexity index is 431. The van der Waals surface area contributed by atoms with Gasteiger partial charge in [-0.2, -0.15) is 0 Å². The van der Waals surface area contributed by atoms with Crippen LogP contribution in [0.5, 0.6) is 0 Å². The second-order valence-electron chi connectivity index (χ2n) is 5.71. The highest BCUT2D eigenvalue weighted by atomic mass is 16.5. The number of esters is 1. The molecule has 3 heteroatoms. The number of rotatable bonds is 4. The van der Waals surface area contributed by atoms with Gasteiger partial charge in [0.15, 0.2) is 0 Å². The van der Waals surface area contributed by atoms with Crippen molar-refractivity contribution in [3.63, 3.8) is 0 Å². The van der Waals surface area contributed by atoms with Crippen LogP contribution >= 0.6 is 0 Å². The molecule has 1 aromatic carbocycles. The molecule has 0 aromatic heterocycles. The predicted octanol–water partition coefficient (Wildman–Crippen LogP) is 4.06. The minimum Gasteiger partial charge on any atom is -0.464 e. The van der Waals surface area contributed by atoms with Crippen LogP contribution in [0, 0.1) is 6.92 Å². The van der Waals surface area contributed by atoms with E-state index in [0.29, 0.717) is 6.61 Å². The fraction of sp³-hybridized carbons (Fsp3) is 0.588. The average Bonchev–Trinajstić information content (AvgIpc) is 2.68. The van der Waals surface area contributed by atoms with Crippen LogP contribution in [0.4, 0.5) is 5.69 Å². The molecular formula is C17H25NO2. The zero-order valence-corrected chi connectivity index (χ0v) is 12.6. The molecule has 0 spiro atoms. The van der Waals surface area contributed by atoms with Crippen LogP contribution in [0.3, 0.4) is 0 Å². The first-order valence-corrected chi connectivity index (χ1v) is 7.68. The number of hydrogen-bond donors (Lipinski definition) is 1. The summed E-state index contributed by atoms with van der Waals surface area (Å²) in [4.78, 5) is 12.5. The lowest BCUT2D eigenvalue weighted by molar-refractivity contribution is -0.149. The highest BCUT2D eigenvalue weighted by Gasteiger charge is 2.39. The van der Waals surface area contributed by atoms with E-state index in [-0.39, 0.29) is 5.97 Å². The molecule has 0 aliphatic heterocycles. The molecule has 0 amide bonds. The van der Waals surface area contributed by atoms with Gasteiger partial charge in [-0.15, -0.1) is 0 Å². The second-order valence-corrected chi connectivity index (χ2v) is 5.71. The maximum absolute atomic E-state index is 12.5. The summed E-state index contributed by atoms with van der Waals surface area (Å²) in [6.07, 6.45) is 6.29. The SMILES string of the molecule is CCOC(=O)C1(Nc2ccc(C)cc2)CCCCCC1. The van der Waals surface area contributed by atoms with Crippen LogP contribution in [0.25, 0.3) is 0 Å². The van der Waals surface area contributed by atoms with E-state index < -0.39 is 5.54 Å². The molecule has 0 atom stereocenters. The number of aryl methyl sites for hydroxylation is 1. The van der Waals surface area contributed by atoms with Gasteiger partial charge in [0, 0.05) is 5.69 Å². The van der Waals surface area contributed by atoms with Crippen LogP contribution < -0.4 is 5.32 Å². The van der Waals surface area contributed by atoms with Gasteiger partial charge in [-0.25, -0.2) is 4.79 Å². The smallest absolute Gasteiger partial charge is 0.331 e. The molecule has 0 radical (unpaired) electrons. The van der Waals surface area contributed by atoms with E-state index in [1.807, 2.05) is 19.1 Å². The quantitative estimate of drug-likeness (QED) is 0.665. The third-order valence-corrected chi connectivity index (χ3v) is 4.06. The maximum Gasteiger partial charge on any atom is 0.331 e. The highest BCUT2D eigenvalue weighted by molar-refractivity contribution is 5.84. The Labute approximate surface area is 121 Å². The topological polar surface area (TPSA) is 38.3 Å². The van der Waals surface area contributed by atoms with Gasteiger partial charge in [-0.1, -0.05) is 43.4 Å². The summed E-state index contributed by atoms with van der Waals surface area (Å²) in [6.45, 7) is 4.38. The molecule has 1 aromatic rings.